The molecule has 0 atom stereocenters. The standard InChI is InChI=1S/C15H24N4/c1-11-9-13(10-16)18-14(17-11)19-7-5-12(6-8-19)15(2,3)4/h5,9H,6-8,10,16H2,1-4H3. The Balaban J connectivity index is 2.18. The lowest BCUT2D eigenvalue weighted by Crippen LogP contribution is -2.32. The van der Waals surface area contributed by atoms with Gasteiger partial charge in [-0.2, -0.15) is 0 Å². The van der Waals surface area contributed by atoms with Gasteiger partial charge in [-0.3, -0.25) is 0 Å². The molecule has 1 aliphatic heterocycles. The van der Waals surface area contributed by atoms with Crippen molar-refractivity contribution in [2.45, 2.75) is 40.7 Å². The van der Waals surface area contributed by atoms with Crippen LogP contribution < -0.4 is 10.6 Å². The zero-order chi connectivity index (χ0) is 14.0. The smallest absolute Gasteiger partial charge is 0.226 e. The third kappa shape index (κ3) is 3.32. The Morgan fingerprint density at radius 1 is 1.32 bits per heavy atom. The molecule has 0 saturated heterocycles. The van der Waals surface area contributed by atoms with Crippen molar-refractivity contribution in [1.29, 1.82) is 0 Å². The molecule has 0 fully saturated rings. The summed E-state index contributed by atoms with van der Waals surface area (Å²) >= 11 is 0. The van der Waals surface area contributed by atoms with Crippen molar-refractivity contribution >= 4 is 5.95 Å². The van der Waals surface area contributed by atoms with Gasteiger partial charge in [0.15, 0.2) is 0 Å². The SMILES string of the molecule is Cc1cc(CN)nc(N2CC=C(C(C)(C)C)CC2)n1. The lowest BCUT2D eigenvalue weighted by molar-refractivity contribution is 0.471. The van der Waals surface area contributed by atoms with Crippen LogP contribution in [0.3, 0.4) is 0 Å². The predicted octanol–water partition coefficient (Wildman–Crippen LogP) is 2.43. The molecular weight excluding hydrogens is 236 g/mol. The zero-order valence-corrected chi connectivity index (χ0v) is 12.4. The average molecular weight is 260 g/mol. The number of hydrogen-bond acceptors (Lipinski definition) is 4. The van der Waals surface area contributed by atoms with Crippen LogP contribution in [0, 0.1) is 12.3 Å². The average Bonchev–Trinajstić information content (AvgIpc) is 2.37. The molecule has 0 unspecified atom stereocenters. The molecule has 0 aromatic carbocycles. The van der Waals surface area contributed by atoms with E-state index in [1.807, 2.05) is 13.0 Å². The number of anilines is 1. The molecule has 19 heavy (non-hydrogen) atoms. The highest BCUT2D eigenvalue weighted by Gasteiger charge is 2.22. The highest BCUT2D eigenvalue weighted by atomic mass is 15.2. The van der Waals surface area contributed by atoms with E-state index in [0.717, 1.165) is 36.8 Å². The summed E-state index contributed by atoms with van der Waals surface area (Å²) in [4.78, 5) is 11.3. The van der Waals surface area contributed by atoms with Crippen LogP contribution in [0.2, 0.25) is 0 Å². The third-order valence-electron chi connectivity index (χ3n) is 3.56. The van der Waals surface area contributed by atoms with Gasteiger partial charge in [-0.1, -0.05) is 32.4 Å². The van der Waals surface area contributed by atoms with Crippen LogP contribution in [-0.2, 0) is 6.54 Å². The lowest BCUT2D eigenvalue weighted by atomic mass is 9.83. The van der Waals surface area contributed by atoms with Gasteiger partial charge in [0.1, 0.15) is 0 Å². The van der Waals surface area contributed by atoms with Crippen molar-refractivity contribution in [3.63, 3.8) is 0 Å². The first-order chi connectivity index (χ1) is 8.90. The highest BCUT2D eigenvalue weighted by molar-refractivity contribution is 5.36. The first-order valence-corrected chi connectivity index (χ1v) is 6.89. The molecule has 2 heterocycles. The minimum absolute atomic E-state index is 0.266. The molecule has 2 rings (SSSR count). The Morgan fingerprint density at radius 2 is 2.05 bits per heavy atom. The second-order valence-corrected chi connectivity index (χ2v) is 6.18. The fourth-order valence-corrected chi connectivity index (χ4v) is 2.39. The number of aromatic nitrogens is 2. The third-order valence-corrected chi connectivity index (χ3v) is 3.56. The number of nitrogens with two attached hydrogens (primary N) is 1. The van der Waals surface area contributed by atoms with Crippen molar-refractivity contribution in [1.82, 2.24) is 9.97 Å². The van der Waals surface area contributed by atoms with Gasteiger partial charge in [0, 0.05) is 25.3 Å². The summed E-state index contributed by atoms with van der Waals surface area (Å²) < 4.78 is 0. The van der Waals surface area contributed by atoms with Crippen LogP contribution in [0.15, 0.2) is 17.7 Å². The van der Waals surface area contributed by atoms with E-state index in [1.54, 1.807) is 0 Å². The maximum absolute atomic E-state index is 5.68. The van der Waals surface area contributed by atoms with Crippen LogP contribution in [0.4, 0.5) is 5.95 Å². The molecule has 0 bridgehead atoms. The number of hydrogen-bond donors (Lipinski definition) is 1. The normalized spacial score (nSPS) is 16.5. The van der Waals surface area contributed by atoms with Crippen LogP contribution in [0.1, 0.15) is 38.6 Å². The fourth-order valence-electron chi connectivity index (χ4n) is 2.39. The largest absolute Gasteiger partial charge is 0.337 e. The van der Waals surface area contributed by atoms with E-state index in [1.165, 1.54) is 5.57 Å². The number of rotatable bonds is 2. The monoisotopic (exact) mass is 260 g/mol. The molecule has 0 spiro atoms. The van der Waals surface area contributed by atoms with Crippen molar-refractivity contribution < 1.29 is 0 Å². The molecule has 104 valence electrons. The van der Waals surface area contributed by atoms with Gasteiger partial charge in [0.2, 0.25) is 5.95 Å². The van der Waals surface area contributed by atoms with Crippen molar-refractivity contribution in [3.05, 3.63) is 29.1 Å². The maximum atomic E-state index is 5.68. The lowest BCUT2D eigenvalue weighted by Gasteiger charge is -2.32. The highest BCUT2D eigenvalue weighted by Crippen LogP contribution is 2.30. The van der Waals surface area contributed by atoms with E-state index in [9.17, 15) is 0 Å². The predicted molar refractivity (Wildman–Crippen MR) is 79.0 cm³/mol. The van der Waals surface area contributed by atoms with E-state index in [-0.39, 0.29) is 5.41 Å². The minimum Gasteiger partial charge on any atom is -0.337 e. The molecule has 2 N–H and O–H groups in total. The molecule has 0 radical (unpaired) electrons. The quantitative estimate of drug-likeness (QED) is 0.830. The van der Waals surface area contributed by atoms with Crippen LogP contribution in [0.5, 0.6) is 0 Å². The van der Waals surface area contributed by atoms with E-state index >= 15 is 0 Å². The van der Waals surface area contributed by atoms with Gasteiger partial charge < -0.3 is 10.6 Å². The first kappa shape index (κ1) is 14.0. The molecule has 1 aliphatic rings. The zero-order valence-electron chi connectivity index (χ0n) is 12.4. The van der Waals surface area contributed by atoms with E-state index < -0.39 is 0 Å². The van der Waals surface area contributed by atoms with Gasteiger partial charge in [0.05, 0.1) is 5.69 Å². The Kier molecular flexibility index (Phi) is 3.90. The van der Waals surface area contributed by atoms with Crippen molar-refractivity contribution in [2.75, 3.05) is 18.0 Å². The Labute approximate surface area is 115 Å². The van der Waals surface area contributed by atoms with E-state index in [2.05, 4.69) is 41.7 Å². The summed E-state index contributed by atoms with van der Waals surface area (Å²) in [6, 6.07) is 1.95. The maximum Gasteiger partial charge on any atom is 0.226 e. The molecule has 4 nitrogen and oxygen atoms in total. The van der Waals surface area contributed by atoms with Gasteiger partial charge in [-0.25, -0.2) is 9.97 Å². The molecule has 0 amide bonds. The molecule has 1 aromatic rings. The Bertz CT molecular complexity index is 485. The van der Waals surface area contributed by atoms with Crippen LogP contribution >= 0.6 is 0 Å². The summed E-state index contributed by atoms with van der Waals surface area (Å²) in [5.41, 5.74) is 9.36. The van der Waals surface area contributed by atoms with Crippen molar-refractivity contribution in [3.8, 4) is 0 Å². The van der Waals surface area contributed by atoms with E-state index in [4.69, 9.17) is 5.73 Å². The summed E-state index contributed by atoms with van der Waals surface area (Å²) in [6.07, 6.45) is 3.40. The van der Waals surface area contributed by atoms with Crippen LogP contribution in [-0.4, -0.2) is 23.1 Å². The van der Waals surface area contributed by atoms with Gasteiger partial charge >= 0.3 is 0 Å². The Hall–Kier alpha value is -1.42. The minimum atomic E-state index is 0.266. The first-order valence-electron chi connectivity index (χ1n) is 6.89. The van der Waals surface area contributed by atoms with Crippen LogP contribution in [0.25, 0.3) is 0 Å². The summed E-state index contributed by atoms with van der Waals surface area (Å²) in [5, 5.41) is 0. The topological polar surface area (TPSA) is 55.0 Å². The van der Waals surface area contributed by atoms with Crippen molar-refractivity contribution in [2.24, 2.45) is 11.1 Å². The summed E-state index contributed by atoms with van der Waals surface area (Å²) in [6.45, 7) is 11.1. The molecule has 0 aliphatic carbocycles. The van der Waals surface area contributed by atoms with E-state index in [0.29, 0.717) is 6.54 Å². The molecular formula is C15H24N4. The number of aryl methyl sites for hydroxylation is 1. The second kappa shape index (κ2) is 5.29. The summed E-state index contributed by atoms with van der Waals surface area (Å²) in [5.74, 6) is 0.810. The molecule has 0 saturated carbocycles. The number of nitrogens with zero attached hydrogens (tertiary/aromatic N) is 3. The van der Waals surface area contributed by atoms with Gasteiger partial charge in [-0.05, 0) is 24.8 Å². The fraction of sp³-hybridized carbons (Fsp3) is 0.600. The Morgan fingerprint density at radius 3 is 2.58 bits per heavy atom. The van der Waals surface area contributed by atoms with Gasteiger partial charge in [0.25, 0.3) is 0 Å². The summed E-state index contributed by atoms with van der Waals surface area (Å²) in [7, 11) is 0. The second-order valence-electron chi connectivity index (χ2n) is 6.18. The molecule has 1 aromatic heterocycles. The molecule has 4 heteroatoms. The van der Waals surface area contributed by atoms with Gasteiger partial charge in [-0.15, -0.1) is 0 Å².